The van der Waals surface area contributed by atoms with Gasteiger partial charge in [0, 0.05) is 10.7 Å². The molecule has 0 atom stereocenters. The Labute approximate surface area is 101 Å². The minimum absolute atomic E-state index is 0.0720. The average Bonchev–Trinajstić information content (AvgIpc) is 2.26. The van der Waals surface area contributed by atoms with Crippen LogP contribution in [-0.4, -0.2) is 37.8 Å². The third-order valence-corrected chi connectivity index (χ3v) is 3.48. The maximum Gasteiger partial charge on any atom is 0.412 e. The van der Waals surface area contributed by atoms with Crippen molar-refractivity contribution in [2.45, 2.75) is 4.90 Å². The number of carboxylic acid groups (broad SMARTS) is 1. The highest BCUT2D eigenvalue weighted by Gasteiger charge is 2.26. The fourth-order valence-corrected chi connectivity index (χ4v) is 2.10. The van der Waals surface area contributed by atoms with Crippen molar-refractivity contribution >= 4 is 31.5 Å². The van der Waals surface area contributed by atoms with Crippen LogP contribution in [0.15, 0.2) is 17.2 Å². The summed E-state index contributed by atoms with van der Waals surface area (Å²) >= 11 is 0. The molecule has 0 aromatic carbocycles. The lowest BCUT2D eigenvalue weighted by molar-refractivity contribution is 0.196. The molecule has 0 fully saturated rings. The SMILES string of the molecule is O=C(O)N1CCOc2ncc(S(=O)(=O)Cl)cc21. The van der Waals surface area contributed by atoms with Crippen molar-refractivity contribution in [1.82, 2.24) is 4.98 Å². The van der Waals surface area contributed by atoms with E-state index in [1.54, 1.807) is 0 Å². The summed E-state index contributed by atoms with van der Waals surface area (Å²) in [5.41, 5.74) is 0.0745. The predicted molar refractivity (Wildman–Crippen MR) is 58.1 cm³/mol. The number of pyridine rings is 1. The third-order valence-electron chi connectivity index (χ3n) is 2.16. The van der Waals surface area contributed by atoms with E-state index in [1.165, 1.54) is 0 Å². The smallest absolute Gasteiger partial charge is 0.412 e. The van der Waals surface area contributed by atoms with Gasteiger partial charge in [-0.2, -0.15) is 0 Å². The van der Waals surface area contributed by atoms with Gasteiger partial charge in [0.1, 0.15) is 17.2 Å². The quantitative estimate of drug-likeness (QED) is 0.766. The van der Waals surface area contributed by atoms with Gasteiger partial charge in [-0.15, -0.1) is 0 Å². The molecule has 17 heavy (non-hydrogen) atoms. The fraction of sp³-hybridized carbons (Fsp3) is 0.250. The number of ether oxygens (including phenoxy) is 1. The lowest BCUT2D eigenvalue weighted by Crippen LogP contribution is -2.37. The number of nitrogens with zero attached hydrogens (tertiary/aromatic N) is 2. The lowest BCUT2D eigenvalue weighted by Gasteiger charge is -2.26. The Balaban J connectivity index is 2.55. The number of aromatic nitrogens is 1. The molecule has 2 rings (SSSR count). The van der Waals surface area contributed by atoms with Crippen LogP contribution >= 0.6 is 10.7 Å². The number of hydrogen-bond donors (Lipinski definition) is 1. The third kappa shape index (κ3) is 2.27. The van der Waals surface area contributed by atoms with Gasteiger partial charge in [-0.05, 0) is 6.07 Å². The second-order valence-corrected chi connectivity index (χ2v) is 5.78. The van der Waals surface area contributed by atoms with Crippen LogP contribution in [0.25, 0.3) is 0 Å². The molecular formula is C8H7ClN2O5S. The van der Waals surface area contributed by atoms with Crippen molar-refractivity contribution in [3.63, 3.8) is 0 Å². The first-order chi connectivity index (χ1) is 7.89. The Hall–Kier alpha value is -1.54. The molecule has 1 aliphatic heterocycles. The summed E-state index contributed by atoms with van der Waals surface area (Å²) in [5, 5.41) is 8.94. The number of amides is 1. The van der Waals surface area contributed by atoms with Gasteiger partial charge < -0.3 is 9.84 Å². The van der Waals surface area contributed by atoms with Gasteiger partial charge in [0.05, 0.1) is 12.7 Å². The van der Waals surface area contributed by atoms with Crippen LogP contribution in [0.5, 0.6) is 5.88 Å². The highest BCUT2D eigenvalue weighted by atomic mass is 35.7. The van der Waals surface area contributed by atoms with E-state index in [0.29, 0.717) is 0 Å². The minimum atomic E-state index is -3.95. The van der Waals surface area contributed by atoms with Gasteiger partial charge in [-0.3, -0.25) is 4.90 Å². The molecule has 1 aliphatic rings. The summed E-state index contributed by atoms with van der Waals surface area (Å²) in [7, 11) is 1.20. The zero-order valence-electron chi connectivity index (χ0n) is 8.33. The number of anilines is 1. The van der Waals surface area contributed by atoms with Crippen molar-refractivity contribution in [2.75, 3.05) is 18.1 Å². The van der Waals surface area contributed by atoms with Gasteiger partial charge in [0.25, 0.3) is 9.05 Å². The first kappa shape index (κ1) is 11.9. The normalized spacial score (nSPS) is 15.0. The van der Waals surface area contributed by atoms with E-state index >= 15 is 0 Å². The molecule has 1 aromatic heterocycles. The molecule has 0 radical (unpaired) electrons. The maximum absolute atomic E-state index is 11.1. The maximum atomic E-state index is 11.1. The van der Waals surface area contributed by atoms with Gasteiger partial charge in [-0.25, -0.2) is 18.2 Å². The van der Waals surface area contributed by atoms with E-state index in [4.69, 9.17) is 20.5 Å². The molecule has 9 heteroatoms. The van der Waals surface area contributed by atoms with Crippen molar-refractivity contribution < 1.29 is 23.1 Å². The Morgan fingerprint density at radius 3 is 2.88 bits per heavy atom. The van der Waals surface area contributed by atoms with Crippen LogP contribution in [0.3, 0.4) is 0 Å². The average molecular weight is 279 g/mol. The summed E-state index contributed by atoms with van der Waals surface area (Å²) in [6.45, 7) is 0.273. The number of carbonyl (C=O) groups is 1. The van der Waals surface area contributed by atoms with E-state index in [1.807, 2.05) is 0 Å². The fourth-order valence-electron chi connectivity index (χ4n) is 1.41. The minimum Gasteiger partial charge on any atom is -0.474 e. The summed E-state index contributed by atoms with van der Waals surface area (Å²) in [5.74, 6) is 0.0720. The molecule has 0 aliphatic carbocycles. The van der Waals surface area contributed by atoms with Gasteiger partial charge in [0.2, 0.25) is 5.88 Å². The van der Waals surface area contributed by atoms with Crippen LogP contribution in [-0.2, 0) is 9.05 Å². The molecule has 7 nitrogen and oxygen atoms in total. The van der Waals surface area contributed by atoms with Crippen LogP contribution < -0.4 is 9.64 Å². The van der Waals surface area contributed by atoms with Gasteiger partial charge in [0.15, 0.2) is 0 Å². The molecule has 1 amide bonds. The van der Waals surface area contributed by atoms with Gasteiger partial charge >= 0.3 is 6.09 Å². The summed E-state index contributed by atoms with van der Waals surface area (Å²) < 4.78 is 27.3. The van der Waals surface area contributed by atoms with Crippen molar-refractivity contribution in [1.29, 1.82) is 0 Å². The Morgan fingerprint density at radius 1 is 1.59 bits per heavy atom. The molecule has 2 heterocycles. The topological polar surface area (TPSA) is 96.8 Å². The number of rotatable bonds is 1. The zero-order chi connectivity index (χ0) is 12.6. The molecular weight excluding hydrogens is 272 g/mol. The molecule has 1 N–H and O–H groups in total. The number of fused-ring (bicyclic) bond motifs is 1. The van der Waals surface area contributed by atoms with E-state index in [0.717, 1.165) is 17.2 Å². The van der Waals surface area contributed by atoms with E-state index in [-0.39, 0.29) is 29.6 Å². The Bertz CT molecular complexity index is 573. The summed E-state index contributed by atoms with van der Waals surface area (Å²) in [4.78, 5) is 15.4. The second-order valence-electron chi connectivity index (χ2n) is 3.22. The Kier molecular flexibility index (Phi) is 2.84. The summed E-state index contributed by atoms with van der Waals surface area (Å²) in [6, 6.07) is 1.12. The highest BCUT2D eigenvalue weighted by Crippen LogP contribution is 2.32. The van der Waals surface area contributed by atoms with Gasteiger partial charge in [-0.1, -0.05) is 0 Å². The van der Waals surface area contributed by atoms with Crippen LogP contribution in [0.4, 0.5) is 10.5 Å². The largest absolute Gasteiger partial charge is 0.474 e. The first-order valence-electron chi connectivity index (χ1n) is 4.47. The molecule has 0 bridgehead atoms. The second kappa shape index (κ2) is 4.04. The molecule has 0 spiro atoms. The number of halogens is 1. The molecule has 0 saturated carbocycles. The van der Waals surface area contributed by atoms with Crippen LogP contribution in [0, 0.1) is 0 Å². The van der Waals surface area contributed by atoms with E-state index in [2.05, 4.69) is 4.98 Å². The van der Waals surface area contributed by atoms with Crippen LogP contribution in [0.2, 0.25) is 0 Å². The molecule has 0 unspecified atom stereocenters. The zero-order valence-corrected chi connectivity index (χ0v) is 9.90. The first-order valence-corrected chi connectivity index (χ1v) is 6.78. The molecule has 1 aromatic rings. The Morgan fingerprint density at radius 2 is 2.29 bits per heavy atom. The van der Waals surface area contributed by atoms with E-state index in [9.17, 15) is 13.2 Å². The predicted octanol–water partition coefficient (Wildman–Crippen LogP) is 0.886. The molecule has 92 valence electrons. The van der Waals surface area contributed by atoms with Crippen molar-refractivity contribution in [3.8, 4) is 5.88 Å². The van der Waals surface area contributed by atoms with Crippen molar-refractivity contribution in [2.24, 2.45) is 0 Å². The van der Waals surface area contributed by atoms with Crippen LogP contribution in [0.1, 0.15) is 0 Å². The molecule has 0 saturated heterocycles. The summed E-state index contributed by atoms with van der Waals surface area (Å²) in [6.07, 6.45) is -0.188. The lowest BCUT2D eigenvalue weighted by atomic mass is 10.3. The van der Waals surface area contributed by atoms with Crippen molar-refractivity contribution in [3.05, 3.63) is 12.3 Å². The van der Waals surface area contributed by atoms with E-state index < -0.39 is 15.1 Å². The number of hydrogen-bond acceptors (Lipinski definition) is 5. The monoisotopic (exact) mass is 278 g/mol. The highest BCUT2D eigenvalue weighted by molar-refractivity contribution is 8.13. The standard InChI is InChI=1S/C8H7ClN2O5S/c9-17(14,15)5-3-6-7(10-4-5)16-2-1-11(6)8(12)13/h3-4H,1-2H2,(H,12,13).